The number of hydrogen-bond donors (Lipinski definition) is 3. The van der Waals surface area contributed by atoms with E-state index in [1.165, 1.54) is 18.2 Å². The van der Waals surface area contributed by atoms with E-state index in [1.54, 1.807) is 0 Å². The average molecular weight is 281 g/mol. The number of phenols is 1. The molecule has 0 aliphatic heterocycles. The highest BCUT2D eigenvalue weighted by molar-refractivity contribution is 5.70. The minimum atomic E-state index is -0.723. The number of benzene rings is 1. The number of nitrogens with one attached hydrogen (secondary N) is 1. The molecule has 0 saturated heterocycles. The lowest BCUT2D eigenvalue weighted by Crippen LogP contribution is -2.36. The van der Waals surface area contributed by atoms with Crippen molar-refractivity contribution in [1.29, 1.82) is 0 Å². The van der Waals surface area contributed by atoms with E-state index in [1.807, 2.05) is 6.92 Å². The summed E-state index contributed by atoms with van der Waals surface area (Å²) in [7, 11) is 0. The van der Waals surface area contributed by atoms with Gasteiger partial charge >= 0.3 is 5.97 Å². The first-order valence-corrected chi connectivity index (χ1v) is 6.94. The largest absolute Gasteiger partial charge is 0.508 e. The fourth-order valence-electron chi connectivity index (χ4n) is 2.82. The van der Waals surface area contributed by atoms with Crippen molar-refractivity contribution in [2.24, 2.45) is 5.92 Å². The van der Waals surface area contributed by atoms with Gasteiger partial charge in [-0.3, -0.25) is 4.79 Å². The van der Waals surface area contributed by atoms with Crippen molar-refractivity contribution in [1.82, 2.24) is 5.32 Å². The summed E-state index contributed by atoms with van der Waals surface area (Å²) in [6, 6.07) is 3.95. The van der Waals surface area contributed by atoms with E-state index in [2.05, 4.69) is 5.32 Å². The van der Waals surface area contributed by atoms with Gasteiger partial charge in [-0.05, 0) is 50.8 Å². The molecule has 0 radical (unpaired) electrons. The van der Waals surface area contributed by atoms with E-state index in [0.29, 0.717) is 18.4 Å². The minimum Gasteiger partial charge on any atom is -0.508 e. The smallest absolute Gasteiger partial charge is 0.306 e. The molecule has 2 rings (SSSR count). The lowest BCUT2D eigenvalue weighted by Gasteiger charge is -2.29. The molecule has 0 bridgehead atoms. The van der Waals surface area contributed by atoms with Crippen molar-refractivity contribution in [2.75, 3.05) is 0 Å². The molecule has 0 aromatic heterocycles. The molecule has 1 saturated carbocycles. The number of rotatable bonds is 4. The molecule has 1 aliphatic rings. The van der Waals surface area contributed by atoms with Crippen LogP contribution < -0.4 is 5.32 Å². The van der Waals surface area contributed by atoms with Gasteiger partial charge in [0.2, 0.25) is 0 Å². The molecule has 1 unspecified atom stereocenters. The van der Waals surface area contributed by atoms with E-state index in [0.717, 1.165) is 12.8 Å². The van der Waals surface area contributed by atoms with E-state index in [9.17, 15) is 14.3 Å². The Kier molecular flexibility index (Phi) is 4.60. The van der Waals surface area contributed by atoms with Crippen molar-refractivity contribution in [3.8, 4) is 5.75 Å². The van der Waals surface area contributed by atoms with Crippen LogP contribution in [0.1, 0.15) is 44.2 Å². The lowest BCUT2D eigenvalue weighted by atomic mass is 9.85. The molecule has 110 valence electrons. The maximum absolute atomic E-state index is 13.2. The van der Waals surface area contributed by atoms with Crippen LogP contribution >= 0.6 is 0 Å². The molecule has 1 fully saturated rings. The van der Waals surface area contributed by atoms with E-state index in [-0.39, 0.29) is 29.6 Å². The third kappa shape index (κ3) is 3.48. The van der Waals surface area contributed by atoms with E-state index in [4.69, 9.17) is 5.11 Å². The van der Waals surface area contributed by atoms with Crippen molar-refractivity contribution in [2.45, 2.75) is 44.7 Å². The number of carbonyl (C=O) groups is 1. The highest BCUT2D eigenvalue weighted by atomic mass is 19.1. The van der Waals surface area contributed by atoms with Gasteiger partial charge in [0.15, 0.2) is 0 Å². The molecule has 0 spiro atoms. The average Bonchev–Trinajstić information content (AvgIpc) is 2.42. The van der Waals surface area contributed by atoms with Gasteiger partial charge in [-0.1, -0.05) is 0 Å². The molecule has 1 aromatic carbocycles. The number of phenolic OH excluding ortho intramolecular Hbond substituents is 1. The quantitative estimate of drug-likeness (QED) is 0.793. The zero-order valence-electron chi connectivity index (χ0n) is 11.5. The third-order valence-electron chi connectivity index (χ3n) is 4.02. The Hall–Kier alpha value is -1.62. The number of carboxylic acids is 1. The highest BCUT2D eigenvalue weighted by Crippen LogP contribution is 2.29. The summed E-state index contributed by atoms with van der Waals surface area (Å²) in [5.74, 6) is -1.27. The summed E-state index contributed by atoms with van der Waals surface area (Å²) < 4.78 is 13.2. The van der Waals surface area contributed by atoms with E-state index >= 15 is 0 Å². The summed E-state index contributed by atoms with van der Waals surface area (Å²) in [4.78, 5) is 10.9. The summed E-state index contributed by atoms with van der Waals surface area (Å²) in [6.45, 7) is 1.87. The first-order chi connectivity index (χ1) is 9.47. The molecule has 1 aromatic rings. The summed E-state index contributed by atoms with van der Waals surface area (Å²) in [5, 5.41) is 22.1. The molecular formula is C15H20FNO3. The van der Waals surface area contributed by atoms with Crippen LogP contribution in [0.3, 0.4) is 0 Å². The van der Waals surface area contributed by atoms with Crippen LogP contribution in [0.15, 0.2) is 18.2 Å². The van der Waals surface area contributed by atoms with Crippen LogP contribution in [0.25, 0.3) is 0 Å². The topological polar surface area (TPSA) is 69.6 Å². The minimum absolute atomic E-state index is 0.0746. The van der Waals surface area contributed by atoms with Crippen molar-refractivity contribution < 1.29 is 19.4 Å². The van der Waals surface area contributed by atoms with Gasteiger partial charge < -0.3 is 15.5 Å². The first-order valence-electron chi connectivity index (χ1n) is 6.94. The van der Waals surface area contributed by atoms with Gasteiger partial charge in [0, 0.05) is 17.6 Å². The van der Waals surface area contributed by atoms with Crippen molar-refractivity contribution in [3.05, 3.63) is 29.6 Å². The Labute approximate surface area is 117 Å². The monoisotopic (exact) mass is 281 g/mol. The standard InChI is InChI=1S/C15H20FNO3/c1-9(13-8-11(16)4-7-14(13)18)17-12-5-2-10(3-6-12)15(19)20/h4,7-10,12,17-18H,2-3,5-6H2,1H3,(H,19,20). The molecule has 0 heterocycles. The van der Waals surface area contributed by atoms with Crippen LogP contribution in [0.2, 0.25) is 0 Å². The predicted molar refractivity (Wildman–Crippen MR) is 73.0 cm³/mol. The highest BCUT2D eigenvalue weighted by Gasteiger charge is 2.27. The molecule has 1 aliphatic carbocycles. The molecule has 20 heavy (non-hydrogen) atoms. The molecule has 4 nitrogen and oxygen atoms in total. The van der Waals surface area contributed by atoms with Crippen LogP contribution in [0.5, 0.6) is 5.75 Å². The van der Waals surface area contributed by atoms with Gasteiger partial charge in [-0.2, -0.15) is 0 Å². The number of halogens is 1. The third-order valence-corrected chi connectivity index (χ3v) is 4.02. The Bertz CT molecular complexity index is 484. The molecule has 5 heteroatoms. The van der Waals surface area contributed by atoms with Crippen LogP contribution in [-0.4, -0.2) is 22.2 Å². The van der Waals surface area contributed by atoms with E-state index < -0.39 is 5.97 Å². The van der Waals surface area contributed by atoms with Crippen LogP contribution in [0.4, 0.5) is 4.39 Å². The molecule has 0 amide bonds. The Morgan fingerprint density at radius 1 is 1.35 bits per heavy atom. The maximum Gasteiger partial charge on any atom is 0.306 e. The lowest BCUT2D eigenvalue weighted by molar-refractivity contribution is -0.142. The Morgan fingerprint density at radius 3 is 2.60 bits per heavy atom. The molecular weight excluding hydrogens is 261 g/mol. The number of carboxylic acid groups (broad SMARTS) is 1. The van der Waals surface area contributed by atoms with Crippen LogP contribution in [0, 0.1) is 11.7 Å². The normalized spacial score (nSPS) is 24.3. The fraction of sp³-hybridized carbons (Fsp3) is 0.533. The van der Waals surface area contributed by atoms with Gasteiger partial charge in [0.25, 0.3) is 0 Å². The second kappa shape index (κ2) is 6.22. The number of aromatic hydroxyl groups is 1. The summed E-state index contributed by atoms with van der Waals surface area (Å²) in [6.07, 6.45) is 2.90. The van der Waals surface area contributed by atoms with Gasteiger partial charge in [0.05, 0.1) is 5.92 Å². The Balaban J connectivity index is 1.94. The van der Waals surface area contributed by atoms with Gasteiger partial charge in [-0.15, -0.1) is 0 Å². The SMILES string of the molecule is CC(NC1CCC(C(=O)O)CC1)c1cc(F)ccc1O. The summed E-state index contributed by atoms with van der Waals surface area (Å²) >= 11 is 0. The van der Waals surface area contributed by atoms with Gasteiger partial charge in [-0.25, -0.2) is 4.39 Å². The Morgan fingerprint density at radius 2 is 2.00 bits per heavy atom. The second-order valence-electron chi connectivity index (χ2n) is 5.48. The van der Waals surface area contributed by atoms with Crippen molar-refractivity contribution >= 4 is 5.97 Å². The number of hydrogen-bond acceptors (Lipinski definition) is 3. The summed E-state index contributed by atoms with van der Waals surface area (Å²) in [5.41, 5.74) is 0.533. The number of aliphatic carboxylic acids is 1. The zero-order valence-corrected chi connectivity index (χ0v) is 11.5. The maximum atomic E-state index is 13.2. The molecule has 3 N–H and O–H groups in total. The first kappa shape index (κ1) is 14.8. The fourth-order valence-corrected chi connectivity index (χ4v) is 2.82. The predicted octanol–water partition coefficient (Wildman–Crippen LogP) is 2.83. The van der Waals surface area contributed by atoms with Crippen molar-refractivity contribution in [3.63, 3.8) is 0 Å². The second-order valence-corrected chi connectivity index (χ2v) is 5.48. The zero-order chi connectivity index (χ0) is 14.7. The molecule has 1 atom stereocenters. The van der Waals surface area contributed by atoms with Crippen LogP contribution in [-0.2, 0) is 4.79 Å². The van der Waals surface area contributed by atoms with Gasteiger partial charge in [0.1, 0.15) is 11.6 Å².